The van der Waals surface area contributed by atoms with Crippen LogP contribution in [-0.2, 0) is 87.9 Å². The van der Waals surface area contributed by atoms with Crippen molar-refractivity contribution in [3.63, 3.8) is 0 Å². The molecule has 6 aliphatic heterocycles. The number of nitrogens with zero attached hydrogens (tertiary/aromatic N) is 10. The first kappa shape index (κ1) is 70.9. The number of sulfone groups is 1. The van der Waals surface area contributed by atoms with Crippen molar-refractivity contribution in [3.8, 4) is 16.9 Å². The molecule has 4 aromatic carbocycles. The van der Waals surface area contributed by atoms with E-state index in [-0.39, 0.29) is 64.4 Å². The van der Waals surface area contributed by atoms with Gasteiger partial charge in [0.1, 0.15) is 12.4 Å². The maximum Gasteiger partial charge on any atom is 0.260 e. The predicted octanol–water partition coefficient (Wildman–Crippen LogP) is 8.35. The molecular formula is C70H76N12O11S5. The zero-order valence-electron chi connectivity index (χ0n) is 54.7. The van der Waals surface area contributed by atoms with Crippen LogP contribution in [0.1, 0.15) is 108 Å². The fraction of sp³-hybridized carbons (Fsp3) is 0.314. The Kier molecular flexibility index (Phi) is 21.7. The molecule has 0 radical (unpaired) electrons. The zero-order chi connectivity index (χ0) is 69.5. The van der Waals surface area contributed by atoms with Gasteiger partial charge in [0.05, 0.1) is 54.2 Å². The zero-order valence-corrected chi connectivity index (χ0v) is 58.8. The monoisotopic (exact) mass is 1420 g/mol. The molecule has 0 saturated carbocycles. The maximum absolute atomic E-state index is 13.0. The van der Waals surface area contributed by atoms with Crippen molar-refractivity contribution in [1.29, 1.82) is 0 Å². The van der Waals surface area contributed by atoms with Crippen LogP contribution in [0.2, 0.25) is 0 Å². The SMILES string of the molecule is CC(C)(C)c1ccc(OCCNS(=O)(=O)C2=NCc3ncccc32)cc1.CC(NS(=O)(=O)C1=NCc2ncccc21)c1ccc(-c2ccccc2)cc1.CS(=O)(=O)C1CCN(S(=O)(=O)C2=NCc3ncccc32)C1.O=S(=O)(C1=NCc2ncccc21)N1CCC(Cc2ccccc2)C1. The summed E-state index contributed by atoms with van der Waals surface area (Å²) in [6.45, 7) is 11.2. The van der Waals surface area contributed by atoms with E-state index in [4.69, 9.17) is 4.74 Å². The van der Waals surface area contributed by atoms with Crippen molar-refractivity contribution >= 4 is 70.1 Å². The summed E-state index contributed by atoms with van der Waals surface area (Å²) in [4.78, 5) is 33.3. The number of benzene rings is 4. The molecule has 8 aromatic rings. The van der Waals surface area contributed by atoms with Gasteiger partial charge in [-0.3, -0.25) is 39.9 Å². The third-order valence-corrected chi connectivity index (χ3v) is 25.5. The van der Waals surface area contributed by atoms with E-state index in [0.29, 0.717) is 90.1 Å². The second kappa shape index (κ2) is 29.9. The molecule has 23 nitrogen and oxygen atoms in total. The lowest BCUT2D eigenvalue weighted by Crippen LogP contribution is -2.36. The highest BCUT2D eigenvalue weighted by molar-refractivity contribution is 8.06. The van der Waals surface area contributed by atoms with Crippen molar-refractivity contribution in [2.24, 2.45) is 25.9 Å². The van der Waals surface area contributed by atoms with Crippen LogP contribution in [0.15, 0.2) is 202 Å². The molecule has 0 spiro atoms. The molecule has 2 fully saturated rings. The Morgan fingerprint density at radius 3 is 1.42 bits per heavy atom. The van der Waals surface area contributed by atoms with Gasteiger partial charge in [-0.15, -0.1) is 0 Å². The van der Waals surface area contributed by atoms with Crippen molar-refractivity contribution < 1.29 is 46.8 Å². The summed E-state index contributed by atoms with van der Waals surface area (Å²) < 4.78 is 138. The van der Waals surface area contributed by atoms with Gasteiger partial charge in [-0.25, -0.2) is 51.5 Å². The van der Waals surface area contributed by atoms with E-state index in [0.717, 1.165) is 41.5 Å². The first-order chi connectivity index (χ1) is 46.8. The van der Waals surface area contributed by atoms with E-state index in [2.05, 4.69) is 82.3 Å². The van der Waals surface area contributed by atoms with Crippen molar-refractivity contribution in [2.45, 2.75) is 89.8 Å². The summed E-state index contributed by atoms with van der Waals surface area (Å²) in [7, 11) is -17.9. The van der Waals surface area contributed by atoms with Crippen LogP contribution >= 0.6 is 0 Å². The number of rotatable bonds is 14. The molecule has 14 rings (SSSR count). The number of nitrogens with one attached hydrogen (secondary N) is 2. The molecule has 0 bridgehead atoms. The smallest absolute Gasteiger partial charge is 0.260 e. The van der Waals surface area contributed by atoms with E-state index in [1.807, 2.05) is 104 Å². The summed E-state index contributed by atoms with van der Waals surface area (Å²) in [6, 6.07) is 49.5. The van der Waals surface area contributed by atoms with Crippen LogP contribution in [0.4, 0.5) is 0 Å². The molecule has 0 aliphatic carbocycles. The summed E-state index contributed by atoms with van der Waals surface area (Å²) in [6.07, 6.45) is 9.82. The van der Waals surface area contributed by atoms with E-state index >= 15 is 0 Å². The molecule has 2 saturated heterocycles. The quantitative estimate of drug-likeness (QED) is 0.0966. The molecule has 98 heavy (non-hydrogen) atoms. The van der Waals surface area contributed by atoms with Gasteiger partial charge >= 0.3 is 0 Å². The lowest BCUT2D eigenvalue weighted by Gasteiger charge is -2.19. The number of pyridine rings is 4. The summed E-state index contributed by atoms with van der Waals surface area (Å²) in [5, 5.41) is -0.332. The Bertz CT molecular complexity index is 4940. The van der Waals surface area contributed by atoms with Crippen LogP contribution in [0.5, 0.6) is 5.75 Å². The Balaban J connectivity index is 0.000000133. The normalized spacial score (nSPS) is 17.8. The molecule has 10 heterocycles. The molecule has 512 valence electrons. The van der Waals surface area contributed by atoms with Crippen molar-refractivity contribution in [1.82, 2.24) is 38.0 Å². The highest BCUT2D eigenvalue weighted by Crippen LogP contribution is 2.31. The van der Waals surface area contributed by atoms with Gasteiger partial charge in [-0.2, -0.15) is 8.61 Å². The number of sulfonamides is 4. The maximum atomic E-state index is 13.0. The number of aliphatic imine (C=N–C) groups is 4. The average Bonchev–Trinajstić information content (AvgIpc) is 1.63. The number of fused-ring (bicyclic) bond motifs is 4. The minimum atomic E-state index is -3.77. The number of aromatic nitrogens is 4. The Hall–Kier alpha value is -8.45. The van der Waals surface area contributed by atoms with Gasteiger partial charge in [0.15, 0.2) is 30.0 Å². The van der Waals surface area contributed by atoms with Gasteiger partial charge in [0.25, 0.3) is 40.1 Å². The lowest BCUT2D eigenvalue weighted by atomic mass is 9.87. The standard InChI is InChI=1S/C21H19N3O2S.C19H23N3O3S.C18H19N3O2S.C12H15N3O4S2/c1-15(16-9-11-18(12-10-16)17-6-3-2-4-7-17)24-27(25,26)21-19-8-5-13-22-20(19)14-23-21;1-19(2,3)14-6-8-15(9-7-14)25-12-11-22-26(23,24)18-16-5-4-10-20-17(16)13-21-18;22-24(23,18-16-7-4-9-19-17(16)12-20-18)21-10-8-15(13-21)11-14-5-2-1-3-6-14;1-20(16,17)9-4-6-15(8-9)21(18,19)12-10-3-2-5-13-11(10)7-14-12/h2-13,15,24H,14H2,1H3;4-10,22H,11-13H2,1-3H3;1-7,9,15H,8,10-13H2;2-3,5,9H,4,6-8H2,1H3. The fourth-order valence-corrected chi connectivity index (χ4v) is 19.0. The second-order valence-corrected chi connectivity index (χ2v) is 34.5. The van der Waals surface area contributed by atoms with Crippen LogP contribution in [0.25, 0.3) is 11.1 Å². The molecule has 3 unspecified atom stereocenters. The fourth-order valence-electron chi connectivity index (χ4n) is 11.9. The predicted molar refractivity (Wildman–Crippen MR) is 380 cm³/mol. The van der Waals surface area contributed by atoms with Gasteiger partial charge in [-0.1, -0.05) is 118 Å². The largest absolute Gasteiger partial charge is 0.492 e. The van der Waals surface area contributed by atoms with Crippen molar-refractivity contribution in [2.75, 3.05) is 45.6 Å². The summed E-state index contributed by atoms with van der Waals surface area (Å²) in [5.74, 6) is 1.07. The molecule has 2 N–H and O–H groups in total. The molecule has 6 aliphatic rings. The van der Waals surface area contributed by atoms with Gasteiger partial charge in [-0.05, 0) is 126 Å². The number of hydrogen-bond donors (Lipinski definition) is 2. The number of ether oxygens (including phenoxy) is 1. The topological polar surface area (TPSA) is 311 Å². The van der Waals surface area contributed by atoms with Crippen molar-refractivity contribution in [3.05, 3.63) is 244 Å². The average molecular weight is 1420 g/mol. The minimum Gasteiger partial charge on any atom is -0.492 e. The third-order valence-electron chi connectivity index (χ3n) is 17.2. The lowest BCUT2D eigenvalue weighted by molar-refractivity contribution is 0.323. The first-order valence-corrected chi connectivity index (χ1v) is 39.6. The molecular weight excluding hydrogens is 1350 g/mol. The van der Waals surface area contributed by atoms with E-state index < -0.39 is 55.2 Å². The Morgan fingerprint density at radius 1 is 0.500 bits per heavy atom. The van der Waals surface area contributed by atoms with Gasteiger partial charge in [0, 0.05) is 92.1 Å². The van der Waals surface area contributed by atoms with E-state index in [1.54, 1.807) is 77.6 Å². The Labute approximate surface area is 573 Å². The van der Waals surface area contributed by atoms with Gasteiger partial charge in [0.2, 0.25) is 0 Å². The van der Waals surface area contributed by atoms with Gasteiger partial charge < -0.3 is 4.74 Å². The summed E-state index contributed by atoms with van der Waals surface area (Å²) >= 11 is 0. The summed E-state index contributed by atoms with van der Waals surface area (Å²) in [5.41, 5.74) is 10.7. The van der Waals surface area contributed by atoms with Crippen LogP contribution < -0.4 is 14.2 Å². The van der Waals surface area contributed by atoms with Crippen LogP contribution in [-0.4, -0.2) is 142 Å². The number of hydrogen-bond acceptors (Lipinski definition) is 19. The second-order valence-electron chi connectivity index (χ2n) is 25.1. The minimum absolute atomic E-state index is 0.000231. The van der Waals surface area contributed by atoms with Crippen LogP contribution in [0.3, 0.4) is 0 Å². The highest BCUT2D eigenvalue weighted by atomic mass is 32.2. The highest BCUT2D eigenvalue weighted by Gasteiger charge is 2.42. The van der Waals surface area contributed by atoms with E-state index in [9.17, 15) is 42.1 Å². The molecule has 3 atom stereocenters. The molecule has 28 heteroatoms. The molecule has 0 amide bonds. The molecule has 4 aromatic heterocycles. The van der Waals surface area contributed by atoms with Crippen LogP contribution in [0, 0.1) is 5.92 Å². The third kappa shape index (κ3) is 16.6. The Morgan fingerprint density at radius 2 is 0.939 bits per heavy atom. The first-order valence-electron chi connectivity index (χ1n) is 31.8. The van der Waals surface area contributed by atoms with E-state index in [1.165, 1.54) is 15.4 Å².